The molecule has 6 nitrogen and oxygen atoms in total. The van der Waals surface area contributed by atoms with Crippen LogP contribution in [0.15, 0.2) is 65.1 Å². The minimum Gasteiger partial charge on any atom is -0.481 e. The molecule has 1 amide bonds. The summed E-state index contributed by atoms with van der Waals surface area (Å²) in [6.07, 6.45) is -0.274. The summed E-state index contributed by atoms with van der Waals surface area (Å²) < 4.78 is 11.2. The molecule has 2 aromatic carbocycles. The fourth-order valence-electron chi connectivity index (χ4n) is 3.95. The van der Waals surface area contributed by atoms with E-state index in [-0.39, 0.29) is 18.9 Å². The maximum Gasteiger partial charge on any atom is 0.407 e. The van der Waals surface area contributed by atoms with E-state index in [1.807, 2.05) is 43.3 Å². The number of rotatable bonds is 7. The lowest BCUT2D eigenvalue weighted by Crippen LogP contribution is -2.31. The summed E-state index contributed by atoms with van der Waals surface area (Å²) in [7, 11) is 0. The van der Waals surface area contributed by atoms with Crippen LogP contribution in [0.4, 0.5) is 4.79 Å². The number of aryl methyl sites for hydroxylation is 1. The van der Waals surface area contributed by atoms with Gasteiger partial charge in [-0.25, -0.2) is 4.79 Å². The minimum atomic E-state index is -1.03. The highest BCUT2D eigenvalue weighted by Crippen LogP contribution is 2.44. The molecule has 0 unspecified atom stereocenters. The van der Waals surface area contributed by atoms with E-state index in [0.29, 0.717) is 12.2 Å². The van der Waals surface area contributed by atoms with Gasteiger partial charge < -0.3 is 19.6 Å². The van der Waals surface area contributed by atoms with Crippen LogP contribution >= 0.6 is 0 Å². The standard InChI is InChI=1S/C24H23NO5/c1-2-15-11-12-22(30-15)21(13-23(26)27)25-24(28)29-14-20-18-9-5-3-7-16(18)17-8-4-6-10-19(17)20/h3-12,20-21H,2,13-14H2,1H3,(H,25,28)(H,26,27)/t21-/m0/s1. The van der Waals surface area contributed by atoms with Crippen LogP contribution in [0.25, 0.3) is 11.1 Å². The molecule has 1 aliphatic rings. The highest BCUT2D eigenvalue weighted by atomic mass is 16.5. The molecule has 0 bridgehead atoms. The van der Waals surface area contributed by atoms with Crippen LogP contribution in [0.1, 0.15) is 48.0 Å². The first-order valence-corrected chi connectivity index (χ1v) is 9.98. The molecular formula is C24H23NO5. The molecular weight excluding hydrogens is 382 g/mol. The molecule has 0 saturated heterocycles. The third-order valence-corrected chi connectivity index (χ3v) is 5.39. The molecule has 1 aromatic heterocycles. The number of carboxylic acid groups (broad SMARTS) is 1. The van der Waals surface area contributed by atoms with Gasteiger partial charge in [-0.1, -0.05) is 55.5 Å². The number of nitrogens with one attached hydrogen (secondary N) is 1. The van der Waals surface area contributed by atoms with Crippen LogP contribution in [0, 0.1) is 0 Å². The van der Waals surface area contributed by atoms with E-state index in [4.69, 9.17) is 9.15 Å². The third-order valence-electron chi connectivity index (χ3n) is 5.39. The first-order chi connectivity index (χ1) is 14.6. The fourth-order valence-corrected chi connectivity index (χ4v) is 3.95. The molecule has 1 heterocycles. The highest BCUT2D eigenvalue weighted by molar-refractivity contribution is 5.79. The predicted molar refractivity (Wildman–Crippen MR) is 111 cm³/mol. The summed E-state index contributed by atoms with van der Waals surface area (Å²) >= 11 is 0. The first-order valence-electron chi connectivity index (χ1n) is 9.98. The van der Waals surface area contributed by atoms with Crippen molar-refractivity contribution in [1.82, 2.24) is 5.32 Å². The lowest BCUT2D eigenvalue weighted by atomic mass is 9.98. The van der Waals surface area contributed by atoms with Gasteiger partial charge in [0.15, 0.2) is 0 Å². The number of furan rings is 1. The van der Waals surface area contributed by atoms with Crippen molar-refractivity contribution in [1.29, 1.82) is 0 Å². The lowest BCUT2D eigenvalue weighted by molar-refractivity contribution is -0.137. The van der Waals surface area contributed by atoms with Crippen LogP contribution in [0.3, 0.4) is 0 Å². The monoisotopic (exact) mass is 405 g/mol. The summed E-state index contributed by atoms with van der Waals surface area (Å²) in [5.41, 5.74) is 4.53. The number of hydrogen-bond acceptors (Lipinski definition) is 4. The topological polar surface area (TPSA) is 88.8 Å². The molecule has 3 aromatic rings. The van der Waals surface area contributed by atoms with E-state index >= 15 is 0 Å². The number of fused-ring (bicyclic) bond motifs is 3. The van der Waals surface area contributed by atoms with Crippen molar-refractivity contribution >= 4 is 12.1 Å². The molecule has 0 aliphatic heterocycles. The van der Waals surface area contributed by atoms with Gasteiger partial charge in [0, 0.05) is 12.3 Å². The van der Waals surface area contributed by atoms with Crippen molar-refractivity contribution in [2.45, 2.75) is 31.7 Å². The molecule has 1 atom stereocenters. The summed E-state index contributed by atoms with van der Waals surface area (Å²) in [5.74, 6) is 0.0438. The fraction of sp³-hybridized carbons (Fsp3) is 0.250. The number of hydrogen-bond donors (Lipinski definition) is 2. The van der Waals surface area contributed by atoms with Crippen LogP contribution in [0.5, 0.6) is 0 Å². The normalized spacial score (nSPS) is 13.4. The van der Waals surface area contributed by atoms with Gasteiger partial charge >= 0.3 is 12.1 Å². The van der Waals surface area contributed by atoms with E-state index in [1.54, 1.807) is 12.1 Å². The Morgan fingerprint density at radius 3 is 2.23 bits per heavy atom. The number of carbonyl (C=O) groups is 2. The maximum absolute atomic E-state index is 12.5. The molecule has 0 radical (unpaired) electrons. The molecule has 4 rings (SSSR count). The zero-order valence-electron chi connectivity index (χ0n) is 16.6. The molecule has 2 N–H and O–H groups in total. The van der Waals surface area contributed by atoms with E-state index in [0.717, 1.165) is 28.0 Å². The van der Waals surface area contributed by atoms with Crippen LogP contribution in [-0.4, -0.2) is 23.8 Å². The Hall–Kier alpha value is -3.54. The molecule has 0 spiro atoms. The van der Waals surface area contributed by atoms with E-state index in [2.05, 4.69) is 17.4 Å². The second-order valence-corrected chi connectivity index (χ2v) is 7.28. The van der Waals surface area contributed by atoms with Gasteiger partial charge in [0.05, 0.1) is 6.42 Å². The number of benzene rings is 2. The quantitative estimate of drug-likeness (QED) is 0.584. The number of aliphatic carboxylic acids is 1. The van der Waals surface area contributed by atoms with Gasteiger partial charge in [0.25, 0.3) is 0 Å². The van der Waals surface area contributed by atoms with Gasteiger partial charge in [0.2, 0.25) is 0 Å². The number of carbonyl (C=O) groups excluding carboxylic acids is 1. The predicted octanol–water partition coefficient (Wildman–Crippen LogP) is 4.90. The Morgan fingerprint density at radius 2 is 1.67 bits per heavy atom. The van der Waals surface area contributed by atoms with Crippen molar-refractivity contribution in [3.05, 3.63) is 83.3 Å². The minimum absolute atomic E-state index is 0.0589. The van der Waals surface area contributed by atoms with Crippen molar-refractivity contribution < 1.29 is 23.8 Å². The Bertz CT molecular complexity index is 1030. The summed E-state index contributed by atoms with van der Waals surface area (Å²) in [5, 5.41) is 11.8. The molecule has 0 saturated carbocycles. The van der Waals surface area contributed by atoms with Crippen LogP contribution < -0.4 is 5.32 Å². The van der Waals surface area contributed by atoms with Gasteiger partial charge in [-0.3, -0.25) is 4.79 Å². The summed E-state index contributed by atoms with van der Waals surface area (Å²) in [4.78, 5) is 23.7. The van der Waals surface area contributed by atoms with Crippen molar-refractivity contribution in [2.75, 3.05) is 6.61 Å². The highest BCUT2D eigenvalue weighted by Gasteiger charge is 2.29. The maximum atomic E-state index is 12.5. The lowest BCUT2D eigenvalue weighted by Gasteiger charge is -2.17. The SMILES string of the molecule is CCc1ccc([C@H](CC(=O)O)NC(=O)OCC2c3ccccc3-c3ccccc32)o1. The van der Waals surface area contributed by atoms with Crippen molar-refractivity contribution in [3.63, 3.8) is 0 Å². The summed E-state index contributed by atoms with van der Waals surface area (Å²) in [6, 6.07) is 18.8. The van der Waals surface area contributed by atoms with E-state index in [9.17, 15) is 14.7 Å². The average Bonchev–Trinajstić information content (AvgIpc) is 3.35. The van der Waals surface area contributed by atoms with Crippen LogP contribution in [-0.2, 0) is 16.0 Å². The smallest absolute Gasteiger partial charge is 0.407 e. The Labute approximate surface area is 174 Å². The van der Waals surface area contributed by atoms with E-state index < -0.39 is 18.1 Å². The number of amides is 1. The molecule has 6 heteroatoms. The zero-order valence-corrected chi connectivity index (χ0v) is 16.6. The number of ether oxygens (including phenoxy) is 1. The molecule has 1 aliphatic carbocycles. The average molecular weight is 405 g/mol. The van der Waals surface area contributed by atoms with Gasteiger partial charge in [-0.05, 0) is 34.4 Å². The van der Waals surface area contributed by atoms with Crippen LogP contribution in [0.2, 0.25) is 0 Å². The van der Waals surface area contributed by atoms with Gasteiger partial charge in [-0.15, -0.1) is 0 Å². The molecule has 0 fully saturated rings. The molecule has 30 heavy (non-hydrogen) atoms. The van der Waals surface area contributed by atoms with Gasteiger partial charge in [0.1, 0.15) is 24.2 Å². The van der Waals surface area contributed by atoms with Gasteiger partial charge in [-0.2, -0.15) is 0 Å². The molecule has 154 valence electrons. The second kappa shape index (κ2) is 8.45. The zero-order chi connectivity index (χ0) is 21.1. The van der Waals surface area contributed by atoms with Crippen molar-refractivity contribution in [2.24, 2.45) is 0 Å². The third kappa shape index (κ3) is 3.94. The largest absolute Gasteiger partial charge is 0.481 e. The summed E-state index contributed by atoms with van der Waals surface area (Å²) in [6.45, 7) is 2.10. The van der Waals surface area contributed by atoms with E-state index in [1.165, 1.54) is 0 Å². The Kier molecular flexibility index (Phi) is 5.57. The second-order valence-electron chi connectivity index (χ2n) is 7.28. The number of carboxylic acids is 1. The number of alkyl carbamates (subject to hydrolysis) is 1. The Morgan fingerprint density at radius 1 is 1.03 bits per heavy atom. The Balaban J connectivity index is 1.47. The first kappa shape index (κ1) is 19.8. The van der Waals surface area contributed by atoms with Crippen molar-refractivity contribution in [3.8, 4) is 11.1 Å².